The summed E-state index contributed by atoms with van der Waals surface area (Å²) in [6.45, 7) is 4.70. The van der Waals surface area contributed by atoms with Crippen molar-refractivity contribution in [1.29, 1.82) is 0 Å². The van der Waals surface area contributed by atoms with E-state index in [0.29, 0.717) is 6.04 Å². The van der Waals surface area contributed by atoms with Gasteiger partial charge in [0, 0.05) is 30.9 Å². The molecule has 1 aliphatic carbocycles. The fraction of sp³-hybridized carbons (Fsp3) is 0.800. The van der Waals surface area contributed by atoms with Gasteiger partial charge in [-0.15, -0.1) is 0 Å². The molecule has 0 radical (unpaired) electrons. The predicted octanol–water partition coefficient (Wildman–Crippen LogP) is 2.57. The zero-order chi connectivity index (χ0) is 12.8. The molecule has 2 unspecified atom stereocenters. The Kier molecular flexibility index (Phi) is 2.79. The van der Waals surface area contributed by atoms with Gasteiger partial charge in [-0.1, -0.05) is 0 Å². The number of aromatic nitrogens is 2. The van der Waals surface area contributed by atoms with E-state index in [4.69, 9.17) is 0 Å². The Hall–Kier alpha value is -1.03. The van der Waals surface area contributed by atoms with Gasteiger partial charge in [-0.3, -0.25) is 0 Å². The van der Waals surface area contributed by atoms with Crippen molar-refractivity contribution < 1.29 is 0 Å². The summed E-state index contributed by atoms with van der Waals surface area (Å²) in [4.78, 5) is 7.37. The molecule has 4 rings (SSSR count). The van der Waals surface area contributed by atoms with Crippen molar-refractivity contribution in [2.24, 2.45) is 0 Å². The topological polar surface area (TPSA) is 33.1 Å². The Morgan fingerprint density at radius 3 is 2.89 bits per heavy atom. The minimum absolute atomic E-state index is 0.624. The van der Waals surface area contributed by atoms with Gasteiger partial charge in [0.15, 0.2) is 0 Å². The Morgan fingerprint density at radius 2 is 2.05 bits per heavy atom. The Morgan fingerprint density at radius 1 is 1.16 bits per heavy atom. The zero-order valence-corrected chi connectivity index (χ0v) is 11.8. The number of rotatable bonds is 3. The van der Waals surface area contributed by atoms with Crippen molar-refractivity contribution in [1.82, 2.24) is 14.5 Å². The van der Waals surface area contributed by atoms with Crippen LogP contribution in [-0.4, -0.2) is 39.6 Å². The largest absolute Gasteiger partial charge is 0.353 e. The summed E-state index contributed by atoms with van der Waals surface area (Å²) in [5.41, 5.74) is 1.15. The van der Waals surface area contributed by atoms with E-state index >= 15 is 0 Å². The van der Waals surface area contributed by atoms with Crippen LogP contribution in [0.4, 0.5) is 5.95 Å². The standard InChI is InChI=1S/C15H24N4/c1-11-10-19(13-4-5-13)15(16-11)17-12-6-8-18-7-2-3-14(18)9-12/h10,12-14H,2-9H2,1H3,(H,16,17). The molecule has 1 aromatic rings. The van der Waals surface area contributed by atoms with Crippen LogP contribution in [0.1, 0.15) is 50.3 Å². The third-order valence-corrected chi connectivity index (χ3v) is 4.95. The molecule has 104 valence electrons. The second-order valence-corrected chi connectivity index (χ2v) is 6.54. The van der Waals surface area contributed by atoms with Crippen molar-refractivity contribution in [2.45, 2.75) is 63.6 Å². The monoisotopic (exact) mass is 260 g/mol. The molecule has 4 heteroatoms. The van der Waals surface area contributed by atoms with Gasteiger partial charge in [-0.05, 0) is 52.0 Å². The normalized spacial score (nSPS) is 31.4. The summed E-state index contributed by atoms with van der Waals surface area (Å²) >= 11 is 0. The minimum Gasteiger partial charge on any atom is -0.353 e. The van der Waals surface area contributed by atoms with Gasteiger partial charge in [0.25, 0.3) is 0 Å². The molecule has 3 fully saturated rings. The lowest BCUT2D eigenvalue weighted by molar-refractivity contribution is 0.187. The Labute approximate surface area is 115 Å². The van der Waals surface area contributed by atoms with E-state index in [1.807, 2.05) is 0 Å². The van der Waals surface area contributed by atoms with Crippen LogP contribution in [-0.2, 0) is 0 Å². The number of aryl methyl sites for hydroxylation is 1. The molecule has 0 amide bonds. The molecule has 2 aliphatic heterocycles. The highest BCUT2D eigenvalue weighted by Crippen LogP contribution is 2.38. The Bertz CT molecular complexity index is 463. The van der Waals surface area contributed by atoms with Crippen LogP contribution in [0.3, 0.4) is 0 Å². The van der Waals surface area contributed by atoms with Crippen LogP contribution < -0.4 is 5.32 Å². The fourth-order valence-corrected chi connectivity index (χ4v) is 3.79. The Balaban J connectivity index is 1.46. The molecule has 1 aromatic heterocycles. The highest BCUT2D eigenvalue weighted by molar-refractivity contribution is 5.32. The number of hydrogen-bond donors (Lipinski definition) is 1. The zero-order valence-electron chi connectivity index (χ0n) is 11.8. The molecule has 1 saturated carbocycles. The number of piperidine rings is 1. The van der Waals surface area contributed by atoms with E-state index in [2.05, 4.69) is 32.9 Å². The lowest BCUT2D eigenvalue weighted by atomic mass is 9.98. The van der Waals surface area contributed by atoms with Crippen molar-refractivity contribution >= 4 is 5.95 Å². The van der Waals surface area contributed by atoms with E-state index in [1.54, 1.807) is 0 Å². The van der Waals surface area contributed by atoms with Gasteiger partial charge in [-0.2, -0.15) is 0 Å². The van der Waals surface area contributed by atoms with Crippen molar-refractivity contribution in [3.05, 3.63) is 11.9 Å². The number of fused-ring (bicyclic) bond motifs is 1. The molecular formula is C15H24N4. The smallest absolute Gasteiger partial charge is 0.203 e. The van der Waals surface area contributed by atoms with Crippen molar-refractivity contribution in [2.75, 3.05) is 18.4 Å². The predicted molar refractivity (Wildman–Crippen MR) is 76.5 cm³/mol. The molecule has 2 atom stereocenters. The summed E-state index contributed by atoms with van der Waals surface area (Å²) < 4.78 is 2.37. The first-order valence-electron chi connectivity index (χ1n) is 7.85. The molecule has 3 aliphatic rings. The molecule has 19 heavy (non-hydrogen) atoms. The van der Waals surface area contributed by atoms with Gasteiger partial charge in [0.05, 0.1) is 5.69 Å². The first-order chi connectivity index (χ1) is 9.29. The molecular weight excluding hydrogens is 236 g/mol. The highest BCUT2D eigenvalue weighted by atomic mass is 15.3. The van der Waals surface area contributed by atoms with E-state index in [-0.39, 0.29) is 0 Å². The van der Waals surface area contributed by atoms with E-state index in [9.17, 15) is 0 Å². The average molecular weight is 260 g/mol. The van der Waals surface area contributed by atoms with Crippen LogP contribution >= 0.6 is 0 Å². The number of hydrogen-bond acceptors (Lipinski definition) is 3. The van der Waals surface area contributed by atoms with Crippen LogP contribution in [0.2, 0.25) is 0 Å². The third kappa shape index (κ3) is 2.27. The highest BCUT2D eigenvalue weighted by Gasteiger charge is 2.33. The van der Waals surface area contributed by atoms with Gasteiger partial charge >= 0.3 is 0 Å². The summed E-state index contributed by atoms with van der Waals surface area (Å²) in [7, 11) is 0. The number of imidazole rings is 1. The van der Waals surface area contributed by atoms with Crippen molar-refractivity contribution in [3.63, 3.8) is 0 Å². The van der Waals surface area contributed by atoms with Crippen LogP contribution in [0, 0.1) is 6.92 Å². The second kappa shape index (κ2) is 4.51. The summed E-state index contributed by atoms with van der Waals surface area (Å²) in [5.74, 6) is 1.12. The third-order valence-electron chi connectivity index (χ3n) is 4.95. The molecule has 0 bridgehead atoms. The van der Waals surface area contributed by atoms with E-state index in [0.717, 1.165) is 23.7 Å². The fourth-order valence-electron chi connectivity index (χ4n) is 3.79. The number of nitrogens with zero attached hydrogens (tertiary/aromatic N) is 3. The molecule has 0 spiro atoms. The average Bonchev–Trinajstić information content (AvgIpc) is 3.02. The van der Waals surface area contributed by atoms with Crippen LogP contribution in [0.25, 0.3) is 0 Å². The summed E-state index contributed by atoms with van der Waals surface area (Å²) in [5, 5.41) is 3.73. The summed E-state index contributed by atoms with van der Waals surface area (Å²) in [6, 6.07) is 2.17. The van der Waals surface area contributed by atoms with Crippen molar-refractivity contribution in [3.8, 4) is 0 Å². The van der Waals surface area contributed by atoms with Gasteiger partial charge in [-0.25, -0.2) is 4.98 Å². The SMILES string of the molecule is Cc1cn(C2CC2)c(NC2CCN3CCCC3C2)n1. The van der Waals surface area contributed by atoms with Gasteiger partial charge < -0.3 is 14.8 Å². The van der Waals surface area contributed by atoms with Gasteiger partial charge in [0.1, 0.15) is 0 Å². The lowest BCUT2D eigenvalue weighted by Gasteiger charge is -2.35. The molecule has 4 nitrogen and oxygen atoms in total. The van der Waals surface area contributed by atoms with E-state index < -0.39 is 0 Å². The van der Waals surface area contributed by atoms with E-state index in [1.165, 1.54) is 51.6 Å². The molecule has 3 heterocycles. The second-order valence-electron chi connectivity index (χ2n) is 6.54. The molecule has 2 saturated heterocycles. The number of anilines is 1. The number of nitrogens with one attached hydrogen (secondary N) is 1. The van der Waals surface area contributed by atoms with Crippen LogP contribution in [0.5, 0.6) is 0 Å². The first kappa shape index (κ1) is 11.8. The quantitative estimate of drug-likeness (QED) is 0.906. The lowest BCUT2D eigenvalue weighted by Crippen LogP contribution is -2.43. The summed E-state index contributed by atoms with van der Waals surface area (Å²) in [6.07, 6.45) is 10.2. The molecule has 0 aromatic carbocycles. The maximum Gasteiger partial charge on any atom is 0.203 e. The van der Waals surface area contributed by atoms with Crippen LogP contribution in [0.15, 0.2) is 6.20 Å². The maximum atomic E-state index is 4.69. The minimum atomic E-state index is 0.624. The van der Waals surface area contributed by atoms with Gasteiger partial charge in [0.2, 0.25) is 5.95 Å². The maximum absolute atomic E-state index is 4.69. The molecule has 1 N–H and O–H groups in total. The first-order valence-corrected chi connectivity index (χ1v) is 7.85.